The zero-order valence-electron chi connectivity index (χ0n) is 14.2. The molecule has 5 nitrogen and oxygen atoms in total. The number of hydrogen-bond acceptors (Lipinski definition) is 3. The predicted octanol–water partition coefficient (Wildman–Crippen LogP) is 3.19. The first-order valence-electron chi connectivity index (χ1n) is 8.39. The van der Waals surface area contributed by atoms with Crippen LogP contribution in [0.25, 0.3) is 0 Å². The van der Waals surface area contributed by atoms with Crippen LogP contribution in [0.3, 0.4) is 0 Å². The van der Waals surface area contributed by atoms with Crippen molar-refractivity contribution in [2.24, 2.45) is 0 Å². The Kier molecular flexibility index (Phi) is 5.08. The fraction of sp³-hybridized carbons (Fsp3) is 0.316. The number of amides is 1. The van der Waals surface area contributed by atoms with Crippen molar-refractivity contribution in [2.45, 2.75) is 32.2 Å². The quantitative estimate of drug-likeness (QED) is 0.827. The van der Waals surface area contributed by atoms with Crippen LogP contribution in [0.5, 0.6) is 0 Å². The summed E-state index contributed by atoms with van der Waals surface area (Å²) in [5.41, 5.74) is 2.06. The van der Waals surface area contributed by atoms with E-state index in [1.54, 1.807) is 23.1 Å². The lowest BCUT2D eigenvalue weighted by Gasteiger charge is -2.24. The second-order valence-electron chi connectivity index (χ2n) is 6.29. The normalized spacial score (nSPS) is 14.1. The van der Waals surface area contributed by atoms with E-state index >= 15 is 0 Å². The topological polar surface area (TPSA) is 66.5 Å². The Labute approximate surface area is 148 Å². The fourth-order valence-corrected chi connectivity index (χ4v) is 3.96. The molecule has 0 saturated heterocycles. The third kappa shape index (κ3) is 4.60. The lowest BCUT2D eigenvalue weighted by molar-refractivity contribution is -0.116. The molecule has 0 radical (unpaired) electrons. The standard InChI is InChI=1S/C19H22N2O3S/c1-15(22)21(17-11-12-17)19-10-6-5-9-18(19)20-25(23,24)14-13-16-7-3-2-4-8-16/h2-10,17,20H,11-14H2,1H3. The van der Waals surface area contributed by atoms with Crippen LogP contribution in [0.4, 0.5) is 11.4 Å². The van der Waals surface area contributed by atoms with Gasteiger partial charge in [0.1, 0.15) is 0 Å². The maximum absolute atomic E-state index is 12.5. The molecule has 1 aliphatic rings. The number of carbonyl (C=O) groups excluding carboxylic acids is 1. The molecule has 6 heteroatoms. The molecule has 2 aromatic rings. The molecule has 0 heterocycles. The highest BCUT2D eigenvalue weighted by atomic mass is 32.2. The minimum atomic E-state index is -3.51. The molecule has 2 aromatic carbocycles. The van der Waals surface area contributed by atoms with E-state index in [-0.39, 0.29) is 17.7 Å². The Bertz CT molecular complexity index is 846. The van der Waals surface area contributed by atoms with Gasteiger partial charge in [0.05, 0.1) is 17.1 Å². The van der Waals surface area contributed by atoms with E-state index in [9.17, 15) is 13.2 Å². The fourth-order valence-electron chi connectivity index (χ4n) is 2.84. The number of benzene rings is 2. The zero-order valence-corrected chi connectivity index (χ0v) is 15.0. The number of nitrogens with zero attached hydrogens (tertiary/aromatic N) is 1. The molecule has 1 amide bonds. The van der Waals surface area contributed by atoms with E-state index in [4.69, 9.17) is 0 Å². The molecule has 0 spiro atoms. The third-order valence-electron chi connectivity index (χ3n) is 4.18. The van der Waals surface area contributed by atoms with Crippen molar-refractivity contribution < 1.29 is 13.2 Å². The summed E-state index contributed by atoms with van der Waals surface area (Å²) in [5.74, 6) is -0.0760. The molecule has 1 aliphatic carbocycles. The van der Waals surface area contributed by atoms with Gasteiger partial charge in [0.15, 0.2) is 0 Å². The van der Waals surface area contributed by atoms with Gasteiger partial charge in [-0.05, 0) is 37.0 Å². The number of sulfonamides is 1. The molecular formula is C19H22N2O3S. The van der Waals surface area contributed by atoms with Crippen LogP contribution in [0.1, 0.15) is 25.3 Å². The van der Waals surface area contributed by atoms with Crippen molar-refractivity contribution >= 4 is 27.3 Å². The molecule has 3 rings (SSSR count). The predicted molar refractivity (Wildman–Crippen MR) is 100 cm³/mol. The first kappa shape index (κ1) is 17.5. The average Bonchev–Trinajstić information content (AvgIpc) is 3.40. The van der Waals surface area contributed by atoms with Crippen molar-refractivity contribution in [3.63, 3.8) is 0 Å². The van der Waals surface area contributed by atoms with Gasteiger partial charge in [-0.25, -0.2) is 8.42 Å². The smallest absolute Gasteiger partial charge is 0.233 e. The highest BCUT2D eigenvalue weighted by molar-refractivity contribution is 7.92. The van der Waals surface area contributed by atoms with Crippen LogP contribution in [0, 0.1) is 0 Å². The van der Waals surface area contributed by atoms with Crippen LogP contribution in [0.15, 0.2) is 54.6 Å². The summed E-state index contributed by atoms with van der Waals surface area (Å²) in [6.45, 7) is 1.51. The van der Waals surface area contributed by atoms with Crippen molar-refractivity contribution in [1.29, 1.82) is 0 Å². The molecule has 1 N–H and O–H groups in total. The number of nitrogens with one attached hydrogen (secondary N) is 1. The summed E-state index contributed by atoms with van der Waals surface area (Å²) in [5, 5.41) is 0. The van der Waals surface area contributed by atoms with Crippen LogP contribution in [-0.2, 0) is 21.2 Å². The van der Waals surface area contributed by atoms with Gasteiger partial charge >= 0.3 is 0 Å². The summed E-state index contributed by atoms with van der Waals surface area (Å²) >= 11 is 0. The van der Waals surface area contributed by atoms with Crippen LogP contribution < -0.4 is 9.62 Å². The minimum Gasteiger partial charge on any atom is -0.308 e. The first-order chi connectivity index (χ1) is 12.0. The van der Waals surface area contributed by atoms with Crippen LogP contribution >= 0.6 is 0 Å². The molecule has 0 aromatic heterocycles. The zero-order chi connectivity index (χ0) is 17.9. The highest BCUT2D eigenvalue weighted by Crippen LogP contribution is 2.36. The van der Waals surface area contributed by atoms with Crippen LogP contribution in [0.2, 0.25) is 0 Å². The highest BCUT2D eigenvalue weighted by Gasteiger charge is 2.33. The molecular weight excluding hydrogens is 336 g/mol. The molecule has 0 atom stereocenters. The van der Waals surface area contributed by atoms with Gasteiger partial charge < -0.3 is 4.90 Å². The number of rotatable bonds is 7. The number of para-hydroxylation sites is 2. The summed E-state index contributed by atoms with van der Waals surface area (Å²) in [4.78, 5) is 13.7. The maximum Gasteiger partial charge on any atom is 0.233 e. The van der Waals surface area contributed by atoms with Crippen LogP contribution in [-0.4, -0.2) is 26.1 Å². The summed E-state index contributed by atoms with van der Waals surface area (Å²) in [6, 6.07) is 16.8. The Morgan fingerprint density at radius 1 is 1.08 bits per heavy atom. The Balaban J connectivity index is 1.77. The van der Waals surface area contributed by atoms with E-state index in [2.05, 4.69) is 4.72 Å². The van der Waals surface area contributed by atoms with Gasteiger partial charge in [0.25, 0.3) is 0 Å². The Hall–Kier alpha value is -2.34. The van der Waals surface area contributed by atoms with Gasteiger partial charge in [0, 0.05) is 13.0 Å². The largest absolute Gasteiger partial charge is 0.308 e. The first-order valence-corrected chi connectivity index (χ1v) is 10.0. The van der Waals surface area contributed by atoms with Gasteiger partial charge in [-0.2, -0.15) is 0 Å². The minimum absolute atomic E-state index is 0.00511. The van der Waals surface area contributed by atoms with Crippen molar-refractivity contribution in [3.05, 3.63) is 60.2 Å². The Morgan fingerprint density at radius 3 is 2.36 bits per heavy atom. The summed E-state index contributed by atoms with van der Waals surface area (Å²) < 4.78 is 27.6. The van der Waals surface area contributed by atoms with Gasteiger partial charge in [0.2, 0.25) is 15.9 Å². The van der Waals surface area contributed by atoms with Crippen molar-refractivity contribution in [2.75, 3.05) is 15.4 Å². The SMILES string of the molecule is CC(=O)N(c1ccccc1NS(=O)(=O)CCc1ccccc1)C1CC1. The molecule has 0 unspecified atom stereocenters. The van der Waals surface area contributed by atoms with E-state index in [0.29, 0.717) is 17.8 Å². The summed E-state index contributed by atoms with van der Waals surface area (Å²) in [6.07, 6.45) is 2.35. The molecule has 1 saturated carbocycles. The van der Waals surface area contributed by atoms with Crippen molar-refractivity contribution in [3.8, 4) is 0 Å². The maximum atomic E-state index is 12.5. The number of carbonyl (C=O) groups is 1. The number of aryl methyl sites for hydroxylation is 1. The molecule has 25 heavy (non-hydrogen) atoms. The molecule has 0 bridgehead atoms. The second kappa shape index (κ2) is 7.27. The van der Waals surface area contributed by atoms with E-state index in [1.165, 1.54) is 6.92 Å². The molecule has 1 fully saturated rings. The van der Waals surface area contributed by atoms with E-state index in [0.717, 1.165) is 18.4 Å². The monoisotopic (exact) mass is 358 g/mol. The molecule has 0 aliphatic heterocycles. The third-order valence-corrected chi connectivity index (χ3v) is 5.46. The van der Waals surface area contributed by atoms with Gasteiger partial charge in [-0.15, -0.1) is 0 Å². The van der Waals surface area contributed by atoms with E-state index in [1.807, 2.05) is 36.4 Å². The number of anilines is 2. The average molecular weight is 358 g/mol. The number of hydrogen-bond donors (Lipinski definition) is 1. The lowest BCUT2D eigenvalue weighted by atomic mass is 10.2. The lowest BCUT2D eigenvalue weighted by Crippen LogP contribution is -2.32. The summed E-state index contributed by atoms with van der Waals surface area (Å²) in [7, 11) is -3.51. The van der Waals surface area contributed by atoms with Gasteiger partial charge in [-0.1, -0.05) is 42.5 Å². The van der Waals surface area contributed by atoms with Crippen molar-refractivity contribution in [1.82, 2.24) is 0 Å². The Morgan fingerprint density at radius 2 is 1.72 bits per heavy atom. The second-order valence-corrected chi connectivity index (χ2v) is 8.14. The van der Waals surface area contributed by atoms with E-state index < -0.39 is 10.0 Å². The molecule has 132 valence electrons. The van der Waals surface area contributed by atoms with Gasteiger partial charge in [-0.3, -0.25) is 9.52 Å².